The van der Waals surface area contributed by atoms with E-state index in [0.717, 1.165) is 10.4 Å². The number of thiophene rings is 1. The first-order chi connectivity index (χ1) is 9.17. The third kappa shape index (κ3) is 2.67. The Hall–Kier alpha value is -2.12. The van der Waals surface area contributed by atoms with Crippen LogP contribution < -0.4 is 4.74 Å². The molecule has 1 heterocycles. The van der Waals surface area contributed by atoms with Gasteiger partial charge in [0.05, 0.1) is 18.7 Å². The fraction of sp³-hybridized carbons (Fsp3) is 0.200. The summed E-state index contributed by atoms with van der Waals surface area (Å²) in [5.41, 5.74) is 1.43. The van der Waals surface area contributed by atoms with Gasteiger partial charge in [-0.25, -0.2) is 0 Å². The summed E-state index contributed by atoms with van der Waals surface area (Å²) >= 11 is 1.41. The Morgan fingerprint density at radius 3 is 2.79 bits per heavy atom. The number of rotatable bonds is 4. The molecule has 1 aromatic carbocycles. The lowest BCUT2D eigenvalue weighted by atomic mass is 9.95. The van der Waals surface area contributed by atoms with Crippen LogP contribution in [0.25, 0.3) is 0 Å². The van der Waals surface area contributed by atoms with Crippen LogP contribution in [0.5, 0.6) is 5.75 Å². The smallest absolute Gasteiger partial charge is 0.189 e. The predicted octanol–water partition coefficient (Wildman–Crippen LogP) is 3.56. The molecule has 4 heteroatoms. The summed E-state index contributed by atoms with van der Waals surface area (Å²) in [5, 5.41) is 11.1. The molecule has 96 valence electrons. The highest BCUT2D eigenvalue weighted by atomic mass is 32.1. The molecule has 0 spiro atoms. The Morgan fingerprint density at radius 1 is 1.42 bits per heavy atom. The number of ketones is 1. The summed E-state index contributed by atoms with van der Waals surface area (Å²) in [6.45, 7) is 1.91. The second-order valence-electron chi connectivity index (χ2n) is 4.15. The molecule has 0 amide bonds. The molecule has 0 saturated carbocycles. The fourth-order valence-electron chi connectivity index (χ4n) is 1.88. The van der Waals surface area contributed by atoms with E-state index in [1.165, 1.54) is 18.4 Å². The van der Waals surface area contributed by atoms with Crippen molar-refractivity contribution in [3.8, 4) is 11.8 Å². The van der Waals surface area contributed by atoms with E-state index in [1.807, 2.05) is 24.4 Å². The zero-order valence-corrected chi connectivity index (χ0v) is 11.5. The van der Waals surface area contributed by atoms with Crippen LogP contribution in [0.1, 0.15) is 26.7 Å². The van der Waals surface area contributed by atoms with Crippen LogP contribution in [-0.4, -0.2) is 12.9 Å². The Bertz CT molecular complexity index is 626. The van der Waals surface area contributed by atoms with E-state index in [-0.39, 0.29) is 5.78 Å². The maximum absolute atomic E-state index is 12.5. The molecular formula is C15H13NO2S. The zero-order valence-electron chi connectivity index (χ0n) is 10.7. The second-order valence-corrected chi connectivity index (χ2v) is 5.12. The number of benzene rings is 1. The predicted molar refractivity (Wildman–Crippen MR) is 74.7 cm³/mol. The van der Waals surface area contributed by atoms with Gasteiger partial charge in [0.2, 0.25) is 0 Å². The number of hydrogen-bond donors (Lipinski definition) is 0. The highest BCUT2D eigenvalue weighted by Gasteiger charge is 2.25. The number of ether oxygens (including phenoxy) is 1. The molecule has 1 atom stereocenters. The molecule has 19 heavy (non-hydrogen) atoms. The summed E-state index contributed by atoms with van der Waals surface area (Å²) in [6.07, 6.45) is 0. The number of methoxy groups -OCH3 is 1. The topological polar surface area (TPSA) is 50.1 Å². The van der Waals surface area contributed by atoms with E-state index < -0.39 is 5.92 Å². The molecule has 0 saturated heterocycles. The van der Waals surface area contributed by atoms with Gasteiger partial charge in [0, 0.05) is 4.88 Å². The highest BCUT2D eigenvalue weighted by molar-refractivity contribution is 7.10. The minimum absolute atomic E-state index is 0.217. The lowest BCUT2D eigenvalue weighted by molar-refractivity contribution is 0.0977. The summed E-state index contributed by atoms with van der Waals surface area (Å²) in [7, 11) is 1.52. The number of hydrogen-bond acceptors (Lipinski definition) is 4. The van der Waals surface area contributed by atoms with E-state index in [0.29, 0.717) is 11.3 Å². The quantitative estimate of drug-likeness (QED) is 0.799. The second kappa shape index (κ2) is 5.68. The van der Waals surface area contributed by atoms with Gasteiger partial charge in [-0.1, -0.05) is 17.7 Å². The molecule has 2 aromatic rings. The fourth-order valence-corrected chi connectivity index (χ4v) is 2.64. The molecule has 2 rings (SSSR count). The third-order valence-corrected chi connectivity index (χ3v) is 3.78. The number of Topliss-reactive ketones (excluding diaryl/α,β-unsaturated/α-hetero) is 1. The van der Waals surface area contributed by atoms with Gasteiger partial charge in [-0.05, 0) is 30.5 Å². The van der Waals surface area contributed by atoms with Crippen LogP contribution in [0, 0.1) is 18.3 Å². The minimum Gasteiger partial charge on any atom is -0.496 e. The third-order valence-electron chi connectivity index (χ3n) is 2.84. The van der Waals surface area contributed by atoms with Gasteiger partial charge in [-0.2, -0.15) is 5.26 Å². The van der Waals surface area contributed by atoms with Crippen molar-refractivity contribution < 1.29 is 9.53 Å². The van der Waals surface area contributed by atoms with Crippen molar-refractivity contribution in [3.05, 3.63) is 51.7 Å². The van der Waals surface area contributed by atoms with Crippen LogP contribution in [0.15, 0.2) is 35.7 Å². The van der Waals surface area contributed by atoms with Crippen molar-refractivity contribution in [1.29, 1.82) is 5.26 Å². The lowest BCUT2D eigenvalue weighted by Gasteiger charge is -2.11. The van der Waals surface area contributed by atoms with Crippen LogP contribution in [-0.2, 0) is 0 Å². The van der Waals surface area contributed by atoms with Gasteiger partial charge < -0.3 is 4.74 Å². The van der Waals surface area contributed by atoms with Crippen LogP contribution in [0.3, 0.4) is 0 Å². The molecule has 0 fully saturated rings. The van der Waals surface area contributed by atoms with Gasteiger partial charge in [0.25, 0.3) is 0 Å². The van der Waals surface area contributed by atoms with Crippen molar-refractivity contribution in [2.24, 2.45) is 0 Å². The normalized spacial score (nSPS) is 11.6. The lowest BCUT2D eigenvalue weighted by Crippen LogP contribution is -2.11. The van der Waals surface area contributed by atoms with Crippen LogP contribution in [0.4, 0.5) is 0 Å². The van der Waals surface area contributed by atoms with Gasteiger partial charge >= 0.3 is 0 Å². The first-order valence-corrected chi connectivity index (χ1v) is 6.67. The molecule has 1 aromatic heterocycles. The SMILES string of the molecule is COc1ccc(C)cc1C(=O)C(C#N)c1cccs1. The average Bonchev–Trinajstić information content (AvgIpc) is 2.93. The molecule has 0 radical (unpaired) electrons. The van der Waals surface area contributed by atoms with E-state index >= 15 is 0 Å². The summed E-state index contributed by atoms with van der Waals surface area (Å²) in [4.78, 5) is 13.3. The Balaban J connectivity index is 2.44. The largest absolute Gasteiger partial charge is 0.496 e. The van der Waals surface area contributed by atoms with E-state index in [9.17, 15) is 10.1 Å². The number of carbonyl (C=O) groups is 1. The van der Waals surface area contributed by atoms with Gasteiger partial charge in [0.1, 0.15) is 11.7 Å². The molecule has 1 unspecified atom stereocenters. The number of nitriles is 1. The standard InChI is InChI=1S/C15H13NO2S/c1-10-5-6-13(18-2)11(8-10)15(17)12(9-16)14-4-3-7-19-14/h3-8,12H,1-2H3. The van der Waals surface area contributed by atoms with Crippen molar-refractivity contribution in [1.82, 2.24) is 0 Å². The highest BCUT2D eigenvalue weighted by Crippen LogP contribution is 2.29. The zero-order chi connectivity index (χ0) is 13.8. The maximum atomic E-state index is 12.5. The maximum Gasteiger partial charge on any atom is 0.189 e. The summed E-state index contributed by atoms with van der Waals surface area (Å²) in [6, 6.07) is 11.1. The number of carbonyl (C=O) groups excluding carboxylic acids is 1. The molecule has 0 aliphatic heterocycles. The van der Waals surface area contributed by atoms with Crippen LogP contribution in [0.2, 0.25) is 0 Å². The number of nitrogens with zero attached hydrogens (tertiary/aromatic N) is 1. The van der Waals surface area contributed by atoms with Crippen molar-refractivity contribution in [2.45, 2.75) is 12.8 Å². The van der Waals surface area contributed by atoms with Gasteiger partial charge in [0.15, 0.2) is 5.78 Å². The van der Waals surface area contributed by atoms with E-state index in [1.54, 1.807) is 18.2 Å². The molecular weight excluding hydrogens is 258 g/mol. The van der Waals surface area contributed by atoms with Gasteiger partial charge in [-0.3, -0.25) is 4.79 Å². The molecule has 0 aliphatic rings. The first-order valence-electron chi connectivity index (χ1n) is 5.79. The van der Waals surface area contributed by atoms with Crippen molar-refractivity contribution >= 4 is 17.1 Å². The van der Waals surface area contributed by atoms with Gasteiger partial charge in [-0.15, -0.1) is 11.3 Å². The summed E-state index contributed by atoms with van der Waals surface area (Å²) in [5.74, 6) is -0.478. The molecule has 0 bridgehead atoms. The van der Waals surface area contributed by atoms with E-state index in [2.05, 4.69) is 6.07 Å². The Labute approximate surface area is 116 Å². The average molecular weight is 271 g/mol. The molecule has 0 aliphatic carbocycles. The minimum atomic E-state index is -0.768. The van der Waals surface area contributed by atoms with Crippen molar-refractivity contribution in [2.75, 3.05) is 7.11 Å². The first kappa shape index (κ1) is 13.3. The number of aryl methyl sites for hydroxylation is 1. The molecule has 3 nitrogen and oxygen atoms in total. The molecule has 0 N–H and O–H groups in total. The Morgan fingerprint density at radius 2 is 2.21 bits per heavy atom. The van der Waals surface area contributed by atoms with E-state index in [4.69, 9.17) is 4.74 Å². The van der Waals surface area contributed by atoms with Crippen LogP contribution >= 0.6 is 11.3 Å². The monoisotopic (exact) mass is 271 g/mol. The summed E-state index contributed by atoms with van der Waals surface area (Å²) < 4.78 is 5.21. The Kier molecular flexibility index (Phi) is 3.98. The van der Waals surface area contributed by atoms with Crippen molar-refractivity contribution in [3.63, 3.8) is 0 Å².